The SMILES string of the molecule is CN1CCN(c2ncnc(NCCCCC(=O)OCc3ccccc3)c2[N+](=O)[O-])CC1. The number of carbonyl (C=O) groups is 1. The molecule has 0 spiro atoms. The summed E-state index contributed by atoms with van der Waals surface area (Å²) in [4.78, 5) is 35.5. The Morgan fingerprint density at radius 2 is 1.90 bits per heavy atom. The van der Waals surface area contributed by atoms with E-state index in [1.54, 1.807) is 0 Å². The molecule has 1 N–H and O–H groups in total. The molecule has 0 radical (unpaired) electrons. The minimum Gasteiger partial charge on any atom is -0.461 e. The highest BCUT2D eigenvalue weighted by atomic mass is 16.6. The van der Waals surface area contributed by atoms with Gasteiger partial charge in [0.05, 0.1) is 4.92 Å². The number of rotatable bonds is 10. The van der Waals surface area contributed by atoms with Crippen molar-refractivity contribution in [2.45, 2.75) is 25.9 Å². The molecule has 3 rings (SSSR count). The van der Waals surface area contributed by atoms with Crippen LogP contribution in [-0.4, -0.2) is 65.5 Å². The Morgan fingerprint density at radius 1 is 1.16 bits per heavy atom. The Hall–Kier alpha value is -3.27. The second-order valence-electron chi connectivity index (χ2n) is 7.47. The second-order valence-corrected chi connectivity index (χ2v) is 7.47. The lowest BCUT2D eigenvalue weighted by atomic mass is 10.2. The number of benzene rings is 1. The van der Waals surface area contributed by atoms with Gasteiger partial charge in [0.2, 0.25) is 11.6 Å². The molecule has 1 aliphatic heterocycles. The molecule has 10 heteroatoms. The smallest absolute Gasteiger partial charge is 0.353 e. The average Bonchev–Trinajstić information content (AvgIpc) is 2.78. The zero-order valence-corrected chi connectivity index (χ0v) is 17.7. The summed E-state index contributed by atoms with van der Waals surface area (Å²) >= 11 is 0. The molecule has 0 amide bonds. The molecule has 31 heavy (non-hydrogen) atoms. The van der Waals surface area contributed by atoms with Crippen LogP contribution in [0.15, 0.2) is 36.7 Å². The molecule has 0 aliphatic carbocycles. The van der Waals surface area contributed by atoms with Gasteiger partial charge >= 0.3 is 11.7 Å². The number of nitrogens with one attached hydrogen (secondary N) is 1. The fourth-order valence-corrected chi connectivity index (χ4v) is 3.33. The topological polar surface area (TPSA) is 114 Å². The van der Waals surface area contributed by atoms with Crippen LogP contribution >= 0.6 is 0 Å². The molecule has 1 aliphatic rings. The van der Waals surface area contributed by atoms with Gasteiger partial charge in [-0.15, -0.1) is 0 Å². The molecular weight excluding hydrogens is 400 g/mol. The van der Waals surface area contributed by atoms with E-state index in [2.05, 4.69) is 20.2 Å². The first kappa shape index (κ1) is 22.4. The number of hydrogen-bond acceptors (Lipinski definition) is 9. The van der Waals surface area contributed by atoms with Gasteiger partial charge in [-0.2, -0.15) is 0 Å². The number of piperazine rings is 1. The fraction of sp³-hybridized carbons (Fsp3) is 0.476. The number of anilines is 2. The van der Waals surface area contributed by atoms with Gasteiger partial charge in [0.15, 0.2) is 0 Å². The maximum atomic E-state index is 11.9. The summed E-state index contributed by atoms with van der Waals surface area (Å²) in [7, 11) is 2.02. The van der Waals surface area contributed by atoms with E-state index in [0.29, 0.717) is 44.7 Å². The fourth-order valence-electron chi connectivity index (χ4n) is 3.33. The van der Waals surface area contributed by atoms with Gasteiger partial charge in [0, 0.05) is 39.1 Å². The first-order chi connectivity index (χ1) is 15.0. The molecule has 2 aromatic rings. The molecule has 1 fully saturated rings. The Labute approximate surface area is 181 Å². The predicted molar refractivity (Wildman–Crippen MR) is 117 cm³/mol. The van der Waals surface area contributed by atoms with Gasteiger partial charge < -0.3 is 19.9 Å². The van der Waals surface area contributed by atoms with Gasteiger partial charge in [0.1, 0.15) is 12.9 Å². The van der Waals surface area contributed by atoms with Crippen LogP contribution in [0.25, 0.3) is 0 Å². The molecule has 10 nitrogen and oxygen atoms in total. The van der Waals surface area contributed by atoms with Crippen LogP contribution in [0.3, 0.4) is 0 Å². The van der Waals surface area contributed by atoms with E-state index in [0.717, 1.165) is 18.7 Å². The van der Waals surface area contributed by atoms with Crippen LogP contribution in [-0.2, 0) is 16.1 Å². The number of nitro groups is 1. The highest BCUT2D eigenvalue weighted by molar-refractivity contribution is 5.70. The standard InChI is InChI=1S/C21H28N6O4/c1-25-11-13-26(14-12-25)21-19(27(29)30)20(23-16-24-21)22-10-6-5-9-18(28)31-15-17-7-3-2-4-8-17/h2-4,7-8,16H,5-6,9-15H2,1H3,(H,22,23,24). The first-order valence-corrected chi connectivity index (χ1v) is 10.4. The molecule has 0 saturated carbocycles. The third kappa shape index (κ3) is 6.61. The van der Waals surface area contributed by atoms with Crippen molar-refractivity contribution in [2.24, 2.45) is 0 Å². The van der Waals surface area contributed by atoms with Crippen LogP contribution in [0.5, 0.6) is 0 Å². The van der Waals surface area contributed by atoms with Crippen molar-refractivity contribution in [1.82, 2.24) is 14.9 Å². The quantitative estimate of drug-likeness (QED) is 0.264. The zero-order valence-electron chi connectivity index (χ0n) is 17.7. The van der Waals surface area contributed by atoms with Crippen molar-refractivity contribution in [3.05, 3.63) is 52.3 Å². The van der Waals surface area contributed by atoms with E-state index < -0.39 is 4.92 Å². The van der Waals surface area contributed by atoms with Gasteiger partial charge in [-0.25, -0.2) is 9.97 Å². The summed E-state index contributed by atoms with van der Waals surface area (Å²) in [5.41, 5.74) is 0.846. The normalized spacial score (nSPS) is 14.3. The number of ether oxygens (including phenoxy) is 1. The third-order valence-electron chi connectivity index (χ3n) is 5.13. The van der Waals surface area contributed by atoms with Crippen LogP contribution in [0, 0.1) is 10.1 Å². The zero-order chi connectivity index (χ0) is 22.1. The van der Waals surface area contributed by atoms with Crippen molar-refractivity contribution < 1.29 is 14.5 Å². The lowest BCUT2D eigenvalue weighted by Crippen LogP contribution is -2.45. The van der Waals surface area contributed by atoms with Crippen molar-refractivity contribution in [2.75, 3.05) is 50.0 Å². The summed E-state index contributed by atoms with van der Waals surface area (Å²) in [6.07, 6.45) is 2.92. The highest BCUT2D eigenvalue weighted by Crippen LogP contribution is 2.32. The third-order valence-corrected chi connectivity index (χ3v) is 5.13. The molecule has 0 unspecified atom stereocenters. The largest absolute Gasteiger partial charge is 0.461 e. The molecular formula is C21H28N6O4. The number of unbranched alkanes of at least 4 members (excludes halogenated alkanes) is 1. The lowest BCUT2D eigenvalue weighted by molar-refractivity contribution is -0.383. The summed E-state index contributed by atoms with van der Waals surface area (Å²) < 4.78 is 5.26. The average molecular weight is 428 g/mol. The maximum absolute atomic E-state index is 11.9. The number of aromatic nitrogens is 2. The van der Waals surface area contributed by atoms with Gasteiger partial charge in [-0.1, -0.05) is 30.3 Å². The molecule has 1 aromatic carbocycles. The number of hydrogen-bond donors (Lipinski definition) is 1. The van der Waals surface area contributed by atoms with E-state index >= 15 is 0 Å². The first-order valence-electron chi connectivity index (χ1n) is 10.4. The number of esters is 1. The van der Waals surface area contributed by atoms with Gasteiger partial charge in [-0.05, 0) is 25.5 Å². The van der Waals surface area contributed by atoms with Crippen LogP contribution < -0.4 is 10.2 Å². The Kier molecular flexibility index (Phi) is 8.11. The second kappa shape index (κ2) is 11.2. The summed E-state index contributed by atoms with van der Waals surface area (Å²) in [5.74, 6) is 0.301. The Balaban J connectivity index is 1.46. The van der Waals surface area contributed by atoms with Crippen LogP contribution in [0.4, 0.5) is 17.3 Å². The summed E-state index contributed by atoms with van der Waals surface area (Å²) in [6, 6.07) is 9.52. The van der Waals surface area contributed by atoms with Gasteiger partial charge in [0.25, 0.3) is 0 Å². The minimum absolute atomic E-state index is 0.102. The van der Waals surface area contributed by atoms with E-state index in [1.165, 1.54) is 6.33 Å². The Bertz CT molecular complexity index is 871. The summed E-state index contributed by atoms with van der Waals surface area (Å²) in [5, 5.41) is 14.7. The van der Waals surface area contributed by atoms with Gasteiger partial charge in [-0.3, -0.25) is 14.9 Å². The molecule has 2 heterocycles. The summed E-state index contributed by atoms with van der Waals surface area (Å²) in [6.45, 7) is 3.73. The van der Waals surface area contributed by atoms with Crippen molar-refractivity contribution >= 4 is 23.3 Å². The number of carbonyl (C=O) groups excluding carboxylic acids is 1. The lowest BCUT2D eigenvalue weighted by Gasteiger charge is -2.32. The highest BCUT2D eigenvalue weighted by Gasteiger charge is 2.28. The van der Waals surface area contributed by atoms with E-state index in [1.807, 2.05) is 42.3 Å². The number of likely N-dealkylation sites (N-methyl/N-ethyl adjacent to an activating group) is 1. The molecule has 1 saturated heterocycles. The molecule has 1 aromatic heterocycles. The minimum atomic E-state index is -0.434. The molecule has 166 valence electrons. The molecule has 0 bridgehead atoms. The predicted octanol–water partition coefficient (Wildman–Crippen LogP) is 2.46. The van der Waals surface area contributed by atoms with Crippen molar-refractivity contribution in [1.29, 1.82) is 0 Å². The van der Waals surface area contributed by atoms with Crippen LogP contribution in [0.2, 0.25) is 0 Å². The monoisotopic (exact) mass is 428 g/mol. The van der Waals surface area contributed by atoms with Crippen molar-refractivity contribution in [3.63, 3.8) is 0 Å². The number of nitrogens with zero attached hydrogens (tertiary/aromatic N) is 5. The van der Waals surface area contributed by atoms with E-state index in [9.17, 15) is 14.9 Å². The van der Waals surface area contributed by atoms with E-state index in [4.69, 9.17) is 4.74 Å². The molecule has 0 atom stereocenters. The van der Waals surface area contributed by atoms with Crippen LogP contribution in [0.1, 0.15) is 24.8 Å². The Morgan fingerprint density at radius 3 is 2.61 bits per heavy atom. The maximum Gasteiger partial charge on any atom is 0.353 e. The van der Waals surface area contributed by atoms with E-state index in [-0.39, 0.29) is 24.1 Å². The van der Waals surface area contributed by atoms with Crippen molar-refractivity contribution in [3.8, 4) is 0 Å².